The SMILES string of the molecule is CC(C)(C)c1ccc(OCCCn2c(Cc3ccccc3Cl)nc3ccccc32)cc1. The molecule has 160 valence electrons. The van der Waals surface area contributed by atoms with Crippen LogP contribution in [0.5, 0.6) is 5.75 Å². The van der Waals surface area contributed by atoms with Crippen molar-refractivity contribution in [1.82, 2.24) is 9.55 Å². The van der Waals surface area contributed by atoms with E-state index in [0.29, 0.717) is 13.0 Å². The largest absolute Gasteiger partial charge is 0.494 e. The summed E-state index contributed by atoms with van der Waals surface area (Å²) in [6, 6.07) is 24.7. The number of nitrogens with zero attached hydrogens (tertiary/aromatic N) is 2. The highest BCUT2D eigenvalue weighted by Crippen LogP contribution is 2.25. The minimum atomic E-state index is 0.152. The first-order valence-electron chi connectivity index (χ1n) is 10.8. The van der Waals surface area contributed by atoms with Crippen molar-refractivity contribution >= 4 is 22.6 Å². The molecule has 0 saturated heterocycles. The molecule has 0 radical (unpaired) electrons. The molecule has 0 amide bonds. The average Bonchev–Trinajstić information content (AvgIpc) is 3.10. The van der Waals surface area contributed by atoms with E-state index >= 15 is 0 Å². The van der Waals surface area contributed by atoms with Crippen LogP contribution >= 0.6 is 11.6 Å². The van der Waals surface area contributed by atoms with Crippen molar-refractivity contribution in [3.8, 4) is 5.75 Å². The second kappa shape index (κ2) is 9.15. The summed E-state index contributed by atoms with van der Waals surface area (Å²) in [5.41, 5.74) is 4.73. The number of halogens is 1. The molecule has 0 aliphatic carbocycles. The highest BCUT2D eigenvalue weighted by atomic mass is 35.5. The van der Waals surface area contributed by atoms with E-state index in [1.165, 1.54) is 5.56 Å². The van der Waals surface area contributed by atoms with Gasteiger partial charge in [-0.25, -0.2) is 4.98 Å². The van der Waals surface area contributed by atoms with Gasteiger partial charge >= 0.3 is 0 Å². The van der Waals surface area contributed by atoms with E-state index in [-0.39, 0.29) is 5.41 Å². The van der Waals surface area contributed by atoms with Crippen molar-refractivity contribution in [3.63, 3.8) is 0 Å². The minimum Gasteiger partial charge on any atom is -0.494 e. The van der Waals surface area contributed by atoms with E-state index in [4.69, 9.17) is 21.3 Å². The number of imidazole rings is 1. The quantitative estimate of drug-likeness (QED) is 0.292. The molecule has 0 aliphatic heterocycles. The average molecular weight is 433 g/mol. The predicted octanol–water partition coefficient (Wildman–Crippen LogP) is 7.05. The summed E-state index contributed by atoms with van der Waals surface area (Å²) in [5, 5.41) is 0.781. The van der Waals surface area contributed by atoms with E-state index in [0.717, 1.165) is 46.2 Å². The Morgan fingerprint density at radius 3 is 2.35 bits per heavy atom. The van der Waals surface area contributed by atoms with Crippen molar-refractivity contribution in [3.05, 3.63) is 94.8 Å². The number of para-hydroxylation sites is 2. The smallest absolute Gasteiger partial charge is 0.119 e. The molecule has 0 fully saturated rings. The molecule has 0 bridgehead atoms. The van der Waals surface area contributed by atoms with Gasteiger partial charge in [-0.3, -0.25) is 0 Å². The van der Waals surface area contributed by atoms with Crippen LogP contribution in [-0.4, -0.2) is 16.2 Å². The molecule has 1 heterocycles. The van der Waals surface area contributed by atoms with Crippen LogP contribution < -0.4 is 4.74 Å². The number of benzene rings is 3. The number of fused-ring (bicyclic) bond motifs is 1. The van der Waals surface area contributed by atoms with Gasteiger partial charge in [0.05, 0.1) is 17.6 Å². The Hall–Kier alpha value is -2.78. The van der Waals surface area contributed by atoms with Gasteiger partial charge in [0.2, 0.25) is 0 Å². The molecule has 4 aromatic rings. The van der Waals surface area contributed by atoms with E-state index in [1.807, 2.05) is 24.3 Å². The topological polar surface area (TPSA) is 27.1 Å². The summed E-state index contributed by atoms with van der Waals surface area (Å²) in [5.74, 6) is 1.95. The van der Waals surface area contributed by atoms with Crippen LogP contribution in [0.15, 0.2) is 72.8 Å². The standard InChI is InChI=1S/C27H29ClN2O/c1-27(2,3)21-13-15-22(16-14-21)31-18-8-17-30-25-12-7-6-11-24(25)29-26(30)19-20-9-4-5-10-23(20)28/h4-7,9-16H,8,17-19H2,1-3H3. The zero-order valence-corrected chi connectivity index (χ0v) is 19.2. The molecule has 4 heteroatoms. The number of ether oxygens (including phenoxy) is 1. The fourth-order valence-corrected chi connectivity index (χ4v) is 3.99. The highest BCUT2D eigenvalue weighted by molar-refractivity contribution is 6.31. The van der Waals surface area contributed by atoms with Crippen molar-refractivity contribution < 1.29 is 4.74 Å². The van der Waals surface area contributed by atoms with Crippen LogP contribution in [-0.2, 0) is 18.4 Å². The summed E-state index contributed by atoms with van der Waals surface area (Å²) >= 11 is 6.40. The van der Waals surface area contributed by atoms with Crippen molar-refractivity contribution in [2.75, 3.05) is 6.61 Å². The van der Waals surface area contributed by atoms with Crippen LogP contribution in [0.1, 0.15) is 44.1 Å². The molecule has 3 aromatic carbocycles. The van der Waals surface area contributed by atoms with E-state index in [9.17, 15) is 0 Å². The molecule has 0 spiro atoms. The third-order valence-electron chi connectivity index (χ3n) is 5.56. The first kappa shape index (κ1) is 21.5. The Kier molecular flexibility index (Phi) is 6.33. The Labute approximate surface area is 189 Å². The Morgan fingerprint density at radius 2 is 1.61 bits per heavy atom. The molecule has 3 nitrogen and oxygen atoms in total. The lowest BCUT2D eigenvalue weighted by molar-refractivity contribution is 0.301. The third kappa shape index (κ3) is 5.11. The van der Waals surface area contributed by atoms with Gasteiger partial charge in [0.15, 0.2) is 0 Å². The molecule has 1 aromatic heterocycles. The summed E-state index contributed by atoms with van der Waals surface area (Å²) in [6.45, 7) is 8.17. The number of aromatic nitrogens is 2. The number of rotatable bonds is 7. The number of hydrogen-bond donors (Lipinski definition) is 0. The van der Waals surface area contributed by atoms with Crippen LogP contribution in [0.3, 0.4) is 0 Å². The van der Waals surface area contributed by atoms with Crippen LogP contribution in [0.25, 0.3) is 11.0 Å². The maximum atomic E-state index is 6.40. The van der Waals surface area contributed by atoms with Gasteiger partial charge in [0, 0.05) is 18.0 Å². The molecule has 0 atom stereocenters. The van der Waals surface area contributed by atoms with Gasteiger partial charge in [-0.1, -0.05) is 74.8 Å². The number of hydrogen-bond acceptors (Lipinski definition) is 2. The number of aryl methyl sites for hydroxylation is 1. The van der Waals surface area contributed by atoms with Crippen LogP contribution in [0.4, 0.5) is 0 Å². The lowest BCUT2D eigenvalue weighted by Crippen LogP contribution is -2.11. The molecule has 0 N–H and O–H groups in total. The molecular weight excluding hydrogens is 404 g/mol. The van der Waals surface area contributed by atoms with Crippen LogP contribution in [0.2, 0.25) is 5.02 Å². The van der Waals surface area contributed by atoms with Gasteiger partial charge in [-0.15, -0.1) is 0 Å². The summed E-state index contributed by atoms with van der Waals surface area (Å²) in [4.78, 5) is 4.88. The second-order valence-corrected chi connectivity index (χ2v) is 9.32. The summed E-state index contributed by atoms with van der Waals surface area (Å²) in [7, 11) is 0. The lowest BCUT2D eigenvalue weighted by Gasteiger charge is -2.19. The molecule has 0 aliphatic rings. The fraction of sp³-hybridized carbons (Fsp3) is 0.296. The van der Waals surface area contributed by atoms with Crippen molar-refractivity contribution in [2.45, 2.75) is 45.6 Å². The molecule has 0 saturated carbocycles. The molecule has 0 unspecified atom stereocenters. The van der Waals surface area contributed by atoms with E-state index in [1.54, 1.807) is 0 Å². The first-order chi connectivity index (χ1) is 14.9. The maximum absolute atomic E-state index is 6.40. The molecular formula is C27H29ClN2O. The molecule has 4 rings (SSSR count). The van der Waals surface area contributed by atoms with Gasteiger partial charge in [-0.05, 0) is 53.3 Å². The van der Waals surface area contributed by atoms with E-state index < -0.39 is 0 Å². The summed E-state index contributed by atoms with van der Waals surface area (Å²) < 4.78 is 8.30. The zero-order valence-electron chi connectivity index (χ0n) is 18.4. The monoisotopic (exact) mass is 432 g/mol. The lowest BCUT2D eigenvalue weighted by atomic mass is 9.87. The normalized spacial score (nSPS) is 11.7. The second-order valence-electron chi connectivity index (χ2n) is 8.91. The minimum absolute atomic E-state index is 0.152. The Balaban J connectivity index is 1.45. The van der Waals surface area contributed by atoms with Gasteiger partial charge < -0.3 is 9.30 Å². The van der Waals surface area contributed by atoms with Gasteiger partial charge in [-0.2, -0.15) is 0 Å². The maximum Gasteiger partial charge on any atom is 0.119 e. The van der Waals surface area contributed by atoms with Crippen LogP contribution in [0, 0.1) is 0 Å². The van der Waals surface area contributed by atoms with Gasteiger partial charge in [0.1, 0.15) is 11.6 Å². The fourth-order valence-electron chi connectivity index (χ4n) is 3.79. The third-order valence-corrected chi connectivity index (χ3v) is 5.92. The Bertz CT molecular complexity index is 1160. The zero-order chi connectivity index (χ0) is 21.8. The van der Waals surface area contributed by atoms with Gasteiger partial charge in [0.25, 0.3) is 0 Å². The molecule has 31 heavy (non-hydrogen) atoms. The summed E-state index contributed by atoms with van der Waals surface area (Å²) in [6.07, 6.45) is 1.61. The van der Waals surface area contributed by atoms with Crippen molar-refractivity contribution in [1.29, 1.82) is 0 Å². The van der Waals surface area contributed by atoms with Crippen molar-refractivity contribution in [2.24, 2.45) is 0 Å². The highest BCUT2D eigenvalue weighted by Gasteiger charge is 2.14. The first-order valence-corrected chi connectivity index (χ1v) is 11.2. The predicted molar refractivity (Wildman–Crippen MR) is 129 cm³/mol. The Morgan fingerprint density at radius 1 is 0.903 bits per heavy atom. The van der Waals surface area contributed by atoms with E-state index in [2.05, 4.69) is 73.9 Å².